The highest BCUT2D eigenvalue weighted by molar-refractivity contribution is 5.73. The van der Waals surface area contributed by atoms with Crippen molar-refractivity contribution in [1.82, 2.24) is 19.5 Å². The lowest BCUT2D eigenvalue weighted by atomic mass is 10.2. The van der Waals surface area contributed by atoms with Crippen LogP contribution in [0.1, 0.15) is 0 Å². The van der Waals surface area contributed by atoms with Gasteiger partial charge in [0.05, 0.1) is 5.69 Å². The zero-order chi connectivity index (χ0) is 17.4. The van der Waals surface area contributed by atoms with Crippen molar-refractivity contribution in [3.63, 3.8) is 0 Å². The number of rotatable bonds is 4. The van der Waals surface area contributed by atoms with E-state index in [0.717, 1.165) is 4.57 Å². The van der Waals surface area contributed by atoms with E-state index < -0.39 is 11.2 Å². The fourth-order valence-electron chi connectivity index (χ4n) is 2.51. The second-order valence-electron chi connectivity index (χ2n) is 5.23. The minimum Gasteiger partial charge on any atom is -0.454 e. The molecule has 0 radical (unpaired) electrons. The second kappa shape index (κ2) is 5.78. The van der Waals surface area contributed by atoms with Gasteiger partial charge >= 0.3 is 5.69 Å². The summed E-state index contributed by atoms with van der Waals surface area (Å²) in [6.45, 7) is 4.16. The Balaban J connectivity index is 1.86. The van der Waals surface area contributed by atoms with Gasteiger partial charge in [0.1, 0.15) is 5.39 Å². The predicted molar refractivity (Wildman–Crippen MR) is 90.6 cm³/mol. The number of nitrogens with zero attached hydrogens (tertiary/aromatic N) is 3. The molecule has 0 bridgehead atoms. The van der Waals surface area contributed by atoms with Crippen molar-refractivity contribution in [1.29, 1.82) is 0 Å². The summed E-state index contributed by atoms with van der Waals surface area (Å²) in [7, 11) is 0. The third-order valence-electron chi connectivity index (χ3n) is 3.67. The van der Waals surface area contributed by atoms with E-state index in [9.17, 15) is 9.59 Å². The smallest absolute Gasteiger partial charge is 0.334 e. The number of ether oxygens (including phenoxy) is 2. The Morgan fingerprint density at radius 2 is 2.16 bits per heavy atom. The van der Waals surface area contributed by atoms with Crippen molar-refractivity contribution in [3.8, 4) is 17.2 Å². The number of benzene rings is 1. The SMILES string of the molecule is C=CCNc1ncc2c(=O)n(-c3ccc4c(c3)OCO4)c(=O)[nH]c2n1. The number of hydrogen-bond acceptors (Lipinski definition) is 7. The molecule has 2 N–H and O–H groups in total. The quantitative estimate of drug-likeness (QED) is 0.676. The fraction of sp³-hybridized carbons (Fsp3) is 0.125. The molecule has 126 valence electrons. The largest absolute Gasteiger partial charge is 0.454 e. The maximum absolute atomic E-state index is 12.7. The maximum atomic E-state index is 12.7. The molecule has 0 saturated carbocycles. The number of anilines is 1. The van der Waals surface area contributed by atoms with Crippen LogP contribution in [0.2, 0.25) is 0 Å². The van der Waals surface area contributed by atoms with Gasteiger partial charge in [-0.1, -0.05) is 6.08 Å². The number of nitrogens with one attached hydrogen (secondary N) is 2. The second-order valence-corrected chi connectivity index (χ2v) is 5.23. The molecule has 0 atom stereocenters. The van der Waals surface area contributed by atoms with Gasteiger partial charge in [0.15, 0.2) is 17.1 Å². The summed E-state index contributed by atoms with van der Waals surface area (Å²) >= 11 is 0. The number of hydrogen-bond donors (Lipinski definition) is 2. The van der Waals surface area contributed by atoms with Gasteiger partial charge in [-0.25, -0.2) is 14.3 Å². The van der Waals surface area contributed by atoms with Crippen LogP contribution in [0, 0.1) is 0 Å². The van der Waals surface area contributed by atoms with E-state index in [4.69, 9.17) is 9.47 Å². The molecule has 1 aliphatic rings. The predicted octanol–water partition coefficient (Wildman–Crippen LogP) is 0.796. The molecule has 3 heterocycles. The van der Waals surface area contributed by atoms with E-state index in [-0.39, 0.29) is 17.8 Å². The summed E-state index contributed by atoms with van der Waals surface area (Å²) in [5.41, 5.74) is -0.600. The molecule has 1 aliphatic heterocycles. The van der Waals surface area contributed by atoms with Crippen molar-refractivity contribution in [3.05, 3.63) is 57.9 Å². The summed E-state index contributed by atoms with van der Waals surface area (Å²) in [5.74, 6) is 1.34. The summed E-state index contributed by atoms with van der Waals surface area (Å²) in [4.78, 5) is 36.0. The maximum Gasteiger partial charge on any atom is 0.334 e. The van der Waals surface area contributed by atoms with Crippen molar-refractivity contribution < 1.29 is 9.47 Å². The van der Waals surface area contributed by atoms with Crippen LogP contribution in [0.4, 0.5) is 5.95 Å². The first kappa shape index (κ1) is 14.9. The highest BCUT2D eigenvalue weighted by atomic mass is 16.7. The molecule has 0 aliphatic carbocycles. The minimum absolute atomic E-state index is 0.107. The topological polar surface area (TPSA) is 111 Å². The van der Waals surface area contributed by atoms with E-state index >= 15 is 0 Å². The molecule has 9 nitrogen and oxygen atoms in total. The molecule has 2 aromatic heterocycles. The Hall–Kier alpha value is -3.62. The first-order valence-corrected chi connectivity index (χ1v) is 7.44. The summed E-state index contributed by atoms with van der Waals surface area (Å²) in [6, 6.07) is 4.83. The lowest BCUT2D eigenvalue weighted by Crippen LogP contribution is -2.34. The molecule has 0 amide bonds. The molecule has 1 aromatic carbocycles. The highest BCUT2D eigenvalue weighted by Gasteiger charge is 2.17. The molecular formula is C16H13N5O4. The average molecular weight is 339 g/mol. The Morgan fingerprint density at radius 1 is 1.32 bits per heavy atom. The molecule has 0 spiro atoms. The van der Waals surface area contributed by atoms with E-state index in [0.29, 0.717) is 29.7 Å². The van der Waals surface area contributed by atoms with Gasteiger partial charge in [-0.3, -0.25) is 9.78 Å². The van der Waals surface area contributed by atoms with Crippen LogP contribution in [0.15, 0.2) is 46.6 Å². The number of H-pyrrole nitrogens is 1. The lowest BCUT2D eigenvalue weighted by molar-refractivity contribution is 0.174. The summed E-state index contributed by atoms with van der Waals surface area (Å²) in [5, 5.41) is 3.09. The van der Waals surface area contributed by atoms with Gasteiger partial charge in [0.2, 0.25) is 12.7 Å². The van der Waals surface area contributed by atoms with E-state index in [1.165, 1.54) is 6.20 Å². The zero-order valence-corrected chi connectivity index (χ0v) is 13.0. The van der Waals surface area contributed by atoms with Crippen LogP contribution >= 0.6 is 0 Å². The molecule has 4 rings (SSSR count). The lowest BCUT2D eigenvalue weighted by Gasteiger charge is -2.08. The molecule has 0 fully saturated rings. The fourth-order valence-corrected chi connectivity index (χ4v) is 2.51. The average Bonchev–Trinajstić information content (AvgIpc) is 3.07. The van der Waals surface area contributed by atoms with Gasteiger partial charge in [-0.2, -0.15) is 4.98 Å². The first-order chi connectivity index (χ1) is 12.2. The van der Waals surface area contributed by atoms with Gasteiger partial charge in [0, 0.05) is 18.8 Å². The molecule has 0 saturated heterocycles. The first-order valence-electron chi connectivity index (χ1n) is 7.44. The van der Waals surface area contributed by atoms with Crippen molar-refractivity contribution in [2.45, 2.75) is 0 Å². The highest BCUT2D eigenvalue weighted by Crippen LogP contribution is 2.33. The Bertz CT molecular complexity index is 1100. The van der Waals surface area contributed by atoms with Crippen LogP contribution < -0.4 is 26.0 Å². The Kier molecular flexibility index (Phi) is 3.46. The van der Waals surface area contributed by atoms with Crippen LogP contribution in [0.25, 0.3) is 16.7 Å². The Labute approximate surface area is 140 Å². The molecule has 25 heavy (non-hydrogen) atoms. The van der Waals surface area contributed by atoms with Crippen LogP contribution in [-0.4, -0.2) is 32.9 Å². The van der Waals surface area contributed by atoms with Gasteiger partial charge in [-0.05, 0) is 12.1 Å². The third-order valence-corrected chi connectivity index (χ3v) is 3.67. The molecule has 9 heteroatoms. The zero-order valence-electron chi connectivity index (χ0n) is 13.0. The van der Waals surface area contributed by atoms with Crippen LogP contribution in [-0.2, 0) is 0 Å². The molecule has 3 aromatic rings. The summed E-state index contributed by atoms with van der Waals surface area (Å²) < 4.78 is 11.5. The third kappa shape index (κ3) is 2.51. The van der Waals surface area contributed by atoms with E-state index in [1.54, 1.807) is 24.3 Å². The normalized spacial score (nSPS) is 12.3. The standard InChI is InChI=1S/C16H13N5O4/c1-2-5-17-15-18-7-10-13(19-15)20-16(23)21(14(10)22)9-3-4-11-12(6-9)25-8-24-11/h2-4,6-7H,1,5,8H2,(H2,17,18,19,20,23). The minimum atomic E-state index is -0.607. The van der Waals surface area contributed by atoms with Crippen molar-refractivity contribution in [2.75, 3.05) is 18.7 Å². The van der Waals surface area contributed by atoms with Gasteiger partial charge < -0.3 is 14.8 Å². The van der Waals surface area contributed by atoms with Crippen LogP contribution in [0.3, 0.4) is 0 Å². The number of aromatic amines is 1. The number of fused-ring (bicyclic) bond motifs is 2. The van der Waals surface area contributed by atoms with Crippen molar-refractivity contribution in [2.24, 2.45) is 0 Å². The molecule has 0 unspecified atom stereocenters. The summed E-state index contributed by atoms with van der Waals surface area (Å²) in [6.07, 6.45) is 3.02. The Morgan fingerprint density at radius 3 is 3.00 bits per heavy atom. The number of aromatic nitrogens is 4. The monoisotopic (exact) mass is 339 g/mol. The van der Waals surface area contributed by atoms with Gasteiger partial charge in [-0.15, -0.1) is 6.58 Å². The van der Waals surface area contributed by atoms with E-state index in [2.05, 4.69) is 26.8 Å². The van der Waals surface area contributed by atoms with Gasteiger partial charge in [0.25, 0.3) is 5.56 Å². The van der Waals surface area contributed by atoms with Crippen LogP contribution in [0.5, 0.6) is 11.5 Å². The molecular weight excluding hydrogens is 326 g/mol. The van der Waals surface area contributed by atoms with E-state index in [1.807, 2.05) is 0 Å². The van der Waals surface area contributed by atoms with Crippen molar-refractivity contribution >= 4 is 17.0 Å².